The number of amides is 2. The number of hydrogen-bond acceptors (Lipinski definition) is 5. The van der Waals surface area contributed by atoms with E-state index in [0.29, 0.717) is 49.1 Å². The Bertz CT molecular complexity index is 3050. The van der Waals surface area contributed by atoms with E-state index >= 15 is 0 Å². The van der Waals surface area contributed by atoms with Gasteiger partial charge in [0, 0.05) is 95.3 Å². The molecule has 17 heteroatoms. The van der Waals surface area contributed by atoms with Crippen molar-refractivity contribution < 1.29 is 44.0 Å². The molecule has 0 spiro atoms. The van der Waals surface area contributed by atoms with Crippen molar-refractivity contribution in [3.8, 4) is 0 Å². The van der Waals surface area contributed by atoms with Crippen LogP contribution in [-0.2, 0) is 55.2 Å². The molecule has 3 N–H and O–H groups in total. The number of aromatic nitrogens is 4. The Morgan fingerprint density at radius 1 is 0.606 bits per heavy atom. The van der Waals surface area contributed by atoms with Crippen molar-refractivity contribution >= 4 is 110 Å². The molecule has 2 aliphatic heterocycles. The topological polar surface area (TPSA) is 117 Å². The predicted molar refractivity (Wildman–Crippen MR) is 285 cm³/mol. The summed E-state index contributed by atoms with van der Waals surface area (Å²) in [5, 5.41) is 32.7. The molecule has 2 amide bonds. The van der Waals surface area contributed by atoms with Crippen LogP contribution >= 0.6 is 86.9 Å². The first-order chi connectivity index (χ1) is 33.6. The van der Waals surface area contributed by atoms with Gasteiger partial charge in [-0.2, -0.15) is 0 Å². The Hall–Kier alpha value is -4.64. The van der Waals surface area contributed by atoms with E-state index in [4.69, 9.17) is 23.2 Å². The fraction of sp³-hybridized carbons (Fsp3) is 0.296. The van der Waals surface area contributed by atoms with Crippen molar-refractivity contribution in [2.75, 3.05) is 26.2 Å². The molecule has 2 aromatic carbocycles. The molecule has 0 radical (unpaired) electrons. The molecule has 0 bridgehead atoms. The molecule has 2 saturated heterocycles. The Labute approximate surface area is 457 Å². The highest BCUT2D eigenvalue weighted by atomic mass is 79.9. The van der Waals surface area contributed by atoms with Gasteiger partial charge < -0.3 is 9.80 Å². The Kier molecular flexibility index (Phi) is 16.8. The second kappa shape index (κ2) is 22.6. The van der Waals surface area contributed by atoms with Crippen LogP contribution in [0.1, 0.15) is 89.0 Å². The molecule has 2 fully saturated rings. The SMILES string of the molecule is C.C[n+]1ccc(CC(=O)N2CCC(=C3c4c(Br)cc(Cl)cc4CCc4cc(Br)c[n+](O)c43)CC2)cc1.O=C(Cc1cc[n+](O)cc1)N1CCC(=C2c3ccc(Cl)c(Br)c3CCc3cc(Br)c[n+](O)c32)CC1. The third kappa shape index (κ3) is 11.6. The molecule has 368 valence electrons. The molecule has 6 aromatic rings. The van der Waals surface area contributed by atoms with Crippen molar-refractivity contribution in [2.45, 2.75) is 71.6 Å². The minimum absolute atomic E-state index is 0. The first kappa shape index (κ1) is 52.7. The van der Waals surface area contributed by atoms with Gasteiger partial charge in [-0.25, -0.2) is 4.57 Å². The minimum Gasteiger partial charge on any atom is -0.342 e. The van der Waals surface area contributed by atoms with Crippen LogP contribution in [0.5, 0.6) is 0 Å². The van der Waals surface area contributed by atoms with Gasteiger partial charge in [-0.05, 0) is 157 Å². The lowest BCUT2D eigenvalue weighted by atomic mass is 9.88. The minimum atomic E-state index is 0. The number of carbonyl (C=O) groups excluding carboxylic acids is 2. The van der Waals surface area contributed by atoms with Crippen LogP contribution in [-0.4, -0.2) is 63.4 Å². The number of carbonyl (C=O) groups is 2. The van der Waals surface area contributed by atoms with Gasteiger partial charge in [0.15, 0.2) is 12.4 Å². The van der Waals surface area contributed by atoms with E-state index in [1.54, 1.807) is 24.5 Å². The molecule has 2 aliphatic carbocycles. The summed E-state index contributed by atoms with van der Waals surface area (Å²) in [5.74, 6) is 0.223. The predicted octanol–water partition coefficient (Wildman–Crippen LogP) is 10.3. The molecule has 4 aromatic heterocycles. The number of piperidine rings is 2. The molecule has 6 heterocycles. The molecular weight excluding hydrogens is 1200 g/mol. The van der Waals surface area contributed by atoms with Gasteiger partial charge in [-0.1, -0.05) is 63.8 Å². The van der Waals surface area contributed by atoms with E-state index in [1.165, 1.54) is 33.0 Å². The lowest BCUT2D eigenvalue weighted by molar-refractivity contribution is -0.906. The van der Waals surface area contributed by atoms with Crippen LogP contribution in [0.3, 0.4) is 0 Å². The van der Waals surface area contributed by atoms with Crippen molar-refractivity contribution in [3.05, 3.63) is 193 Å². The van der Waals surface area contributed by atoms with Gasteiger partial charge in [0.2, 0.25) is 36.6 Å². The Balaban J connectivity index is 0.000000188. The second-order valence-electron chi connectivity index (χ2n) is 18.1. The smallest absolute Gasteiger partial charge is 0.268 e. The fourth-order valence-corrected chi connectivity index (χ4v) is 12.9. The largest absolute Gasteiger partial charge is 0.342 e. The van der Waals surface area contributed by atoms with Gasteiger partial charge in [-0.15, -0.1) is 0 Å². The van der Waals surface area contributed by atoms with Crippen LogP contribution in [0, 0.1) is 0 Å². The molecule has 0 atom stereocenters. The third-order valence-corrected chi connectivity index (χ3v) is 16.8. The summed E-state index contributed by atoms with van der Waals surface area (Å²) in [5.41, 5.74) is 14.7. The average molecular weight is 1260 g/mol. The van der Waals surface area contributed by atoms with E-state index < -0.39 is 0 Å². The summed E-state index contributed by atoms with van der Waals surface area (Å²) in [6, 6.07) is 19.5. The summed E-state index contributed by atoms with van der Waals surface area (Å²) in [7, 11) is 1.97. The third-order valence-electron chi connectivity index (χ3n) is 13.6. The van der Waals surface area contributed by atoms with E-state index in [-0.39, 0.29) is 19.2 Å². The summed E-state index contributed by atoms with van der Waals surface area (Å²) in [4.78, 5) is 29.8. The Morgan fingerprint density at radius 3 is 1.63 bits per heavy atom. The maximum Gasteiger partial charge on any atom is 0.268 e. The number of fused-ring (bicyclic) bond motifs is 4. The number of benzene rings is 2. The quantitative estimate of drug-likeness (QED) is 0.120. The van der Waals surface area contributed by atoms with Crippen LogP contribution in [0.2, 0.25) is 10.0 Å². The van der Waals surface area contributed by atoms with Crippen LogP contribution in [0.15, 0.2) is 127 Å². The fourth-order valence-electron chi connectivity index (χ4n) is 10.1. The van der Waals surface area contributed by atoms with E-state index in [2.05, 4.69) is 75.9 Å². The zero-order chi connectivity index (χ0) is 49.4. The lowest BCUT2D eigenvalue weighted by Gasteiger charge is -2.30. The van der Waals surface area contributed by atoms with Gasteiger partial charge in [-0.3, -0.25) is 25.2 Å². The highest BCUT2D eigenvalue weighted by molar-refractivity contribution is 9.11. The van der Waals surface area contributed by atoms with Crippen molar-refractivity contribution in [3.63, 3.8) is 0 Å². The maximum atomic E-state index is 13.0. The van der Waals surface area contributed by atoms with Gasteiger partial charge in [0.25, 0.3) is 11.4 Å². The van der Waals surface area contributed by atoms with E-state index in [9.17, 15) is 25.2 Å². The number of likely N-dealkylation sites (tertiary alicyclic amines) is 2. The number of hydrogen-bond donors (Lipinski definition) is 3. The van der Waals surface area contributed by atoms with Gasteiger partial charge in [0.05, 0.1) is 38.0 Å². The molecule has 10 rings (SSSR count). The molecule has 0 saturated carbocycles. The summed E-state index contributed by atoms with van der Waals surface area (Å²) < 4.78 is 8.87. The highest BCUT2D eigenvalue weighted by Gasteiger charge is 2.36. The molecule has 4 aliphatic rings. The van der Waals surface area contributed by atoms with Gasteiger partial charge in [0.1, 0.15) is 7.05 Å². The van der Waals surface area contributed by atoms with Crippen LogP contribution < -0.4 is 18.8 Å². The van der Waals surface area contributed by atoms with Crippen LogP contribution in [0.4, 0.5) is 0 Å². The monoisotopic (exact) mass is 1250 g/mol. The Morgan fingerprint density at radius 2 is 1.08 bits per heavy atom. The number of nitrogens with zero attached hydrogens (tertiary/aromatic N) is 6. The first-order valence-electron chi connectivity index (χ1n) is 23.1. The molecule has 0 unspecified atom stereocenters. The van der Waals surface area contributed by atoms with E-state index in [0.717, 1.165) is 141 Å². The maximum absolute atomic E-state index is 13.0. The molecule has 71 heavy (non-hydrogen) atoms. The summed E-state index contributed by atoms with van der Waals surface area (Å²) in [6.07, 6.45) is 17.2. The zero-order valence-electron chi connectivity index (χ0n) is 38.2. The molecular formula is C54H54Br4Cl2N6O5+4. The number of aryl methyl sites for hydroxylation is 4. The zero-order valence-corrected chi connectivity index (χ0v) is 46.1. The lowest BCUT2D eigenvalue weighted by Crippen LogP contribution is -2.39. The number of halogens is 6. The average Bonchev–Trinajstić information content (AvgIpc) is 3.61. The summed E-state index contributed by atoms with van der Waals surface area (Å²) in [6.45, 7) is 2.56. The summed E-state index contributed by atoms with van der Waals surface area (Å²) >= 11 is 27.3. The van der Waals surface area contributed by atoms with Crippen molar-refractivity contribution in [1.29, 1.82) is 0 Å². The van der Waals surface area contributed by atoms with Gasteiger partial charge >= 0.3 is 0 Å². The van der Waals surface area contributed by atoms with Crippen LogP contribution in [0.25, 0.3) is 11.1 Å². The van der Waals surface area contributed by atoms with Crippen molar-refractivity contribution in [1.82, 2.24) is 9.80 Å². The first-order valence-corrected chi connectivity index (χ1v) is 27.0. The number of pyridine rings is 4. The number of rotatable bonds is 4. The highest BCUT2D eigenvalue weighted by Crippen LogP contribution is 2.44. The second-order valence-corrected chi connectivity index (χ2v) is 22.4. The van der Waals surface area contributed by atoms with Crippen molar-refractivity contribution in [2.24, 2.45) is 7.05 Å². The molecule has 11 nitrogen and oxygen atoms in total. The standard InChI is InChI=1S/C27H26Br2ClN3O2.C26H24Br2ClN3O3.CH4/c1-31-8-4-17(5-9-31)12-24(34)32-10-6-18(7-11-32)26-25-19(14-22(30)15-23(25)29)2-3-20-13-21(28)16-33(35)27(20)26;27-19-14-18-1-2-21-20(3-4-22(29)25(21)28)24(26(18)32(35)15-19)17-7-9-30(10-8-17)23(33)13-16-5-11-31(34)12-6-16;/h4-5,8-9,13-16,35H,2-3,6-7,10-12H2,1H3;3-6,11-12,14-15,34-35H,1-2,7-10,13H2;1H4/q2*+2;. The van der Waals surface area contributed by atoms with E-state index in [1.807, 2.05) is 70.2 Å². The normalized spacial score (nSPS) is 15.3.